The minimum atomic E-state index is -3.43. The van der Waals surface area contributed by atoms with E-state index < -0.39 is 10.0 Å². The van der Waals surface area contributed by atoms with E-state index in [-0.39, 0.29) is 11.4 Å². The maximum absolute atomic E-state index is 11.8. The molecule has 0 amide bonds. The van der Waals surface area contributed by atoms with Crippen molar-refractivity contribution in [1.82, 2.24) is 4.72 Å². The molecule has 0 aliphatic rings. The van der Waals surface area contributed by atoms with E-state index in [1.807, 2.05) is 0 Å². The van der Waals surface area contributed by atoms with Gasteiger partial charge < -0.3 is 4.84 Å². The molecule has 0 bridgehead atoms. The predicted octanol–water partition coefficient (Wildman–Crippen LogP) is 0.974. The number of sulfonamides is 1. The molecule has 0 fully saturated rings. The zero-order valence-corrected chi connectivity index (χ0v) is 10.9. The Hall–Kier alpha value is -1.21. The molecule has 5 nitrogen and oxygen atoms in total. The lowest BCUT2D eigenvalue weighted by Crippen LogP contribution is -2.23. The molecule has 1 aromatic carbocycles. The third-order valence-corrected chi connectivity index (χ3v) is 3.82. The van der Waals surface area contributed by atoms with Gasteiger partial charge in [-0.25, -0.2) is 19.0 Å². The molecule has 0 spiro atoms. The van der Waals surface area contributed by atoms with Crippen molar-refractivity contribution in [3.05, 3.63) is 42.5 Å². The molecule has 18 heavy (non-hydrogen) atoms. The summed E-state index contributed by atoms with van der Waals surface area (Å²) in [4.78, 5) is 4.72. The molecule has 0 atom stereocenters. The van der Waals surface area contributed by atoms with Crippen LogP contribution in [0.5, 0.6) is 0 Å². The number of nitrogens with two attached hydrogens (primary N) is 1. The van der Waals surface area contributed by atoms with Gasteiger partial charge in [-0.3, -0.25) is 0 Å². The van der Waals surface area contributed by atoms with E-state index in [4.69, 9.17) is 5.90 Å². The van der Waals surface area contributed by atoms with E-state index in [2.05, 4.69) is 16.1 Å². The van der Waals surface area contributed by atoms with E-state index in [0.717, 1.165) is 18.4 Å². The van der Waals surface area contributed by atoms with Crippen LogP contribution in [0.15, 0.2) is 41.8 Å². The lowest BCUT2D eigenvalue weighted by Gasteiger charge is -2.06. The highest BCUT2D eigenvalue weighted by molar-refractivity contribution is 7.89. The molecule has 0 aromatic heterocycles. The first-order chi connectivity index (χ1) is 8.60. The highest BCUT2D eigenvalue weighted by Gasteiger charge is 2.11. The van der Waals surface area contributed by atoms with Crippen LogP contribution < -0.4 is 10.6 Å². The first-order valence-corrected chi connectivity index (χ1v) is 7.09. The Balaban J connectivity index is 2.67. The maximum Gasteiger partial charge on any atom is 0.240 e. The largest absolute Gasteiger partial charge is 0.305 e. The summed E-state index contributed by atoms with van der Waals surface area (Å²) in [6.07, 6.45) is 3.10. The predicted molar refractivity (Wildman–Crippen MR) is 70.3 cm³/mol. The van der Waals surface area contributed by atoms with Gasteiger partial charge in [0.15, 0.2) is 0 Å². The molecular formula is C12H18N2O3S. The third-order valence-electron chi connectivity index (χ3n) is 2.38. The summed E-state index contributed by atoms with van der Waals surface area (Å²) >= 11 is 0. The highest BCUT2D eigenvalue weighted by atomic mass is 32.2. The van der Waals surface area contributed by atoms with E-state index in [9.17, 15) is 8.42 Å². The Bertz CT molecular complexity index is 469. The molecular weight excluding hydrogens is 252 g/mol. The second kappa shape index (κ2) is 7.27. The van der Waals surface area contributed by atoms with Gasteiger partial charge in [0.1, 0.15) is 0 Å². The topological polar surface area (TPSA) is 81.4 Å². The van der Waals surface area contributed by atoms with Crippen LogP contribution in [-0.4, -0.2) is 21.6 Å². The van der Waals surface area contributed by atoms with Gasteiger partial charge in [-0.2, -0.15) is 0 Å². The van der Waals surface area contributed by atoms with Crippen molar-refractivity contribution in [2.24, 2.45) is 5.90 Å². The number of benzene rings is 1. The molecule has 1 aromatic rings. The van der Waals surface area contributed by atoms with Gasteiger partial charge in [-0.05, 0) is 30.5 Å². The fourth-order valence-electron chi connectivity index (χ4n) is 1.45. The maximum atomic E-state index is 11.8. The average molecular weight is 270 g/mol. The molecule has 0 saturated carbocycles. The second-order valence-electron chi connectivity index (χ2n) is 3.76. The molecule has 1 rings (SSSR count). The lowest BCUT2D eigenvalue weighted by molar-refractivity contribution is 0.135. The van der Waals surface area contributed by atoms with Crippen molar-refractivity contribution in [2.75, 3.05) is 13.2 Å². The van der Waals surface area contributed by atoms with Crippen LogP contribution in [0.1, 0.15) is 12.0 Å². The van der Waals surface area contributed by atoms with Crippen molar-refractivity contribution in [3.8, 4) is 0 Å². The number of nitrogens with one attached hydrogen (secondary N) is 1. The first kappa shape index (κ1) is 14.8. The number of aryl methyl sites for hydroxylation is 1. The zero-order valence-electron chi connectivity index (χ0n) is 10.1. The van der Waals surface area contributed by atoms with E-state index in [1.165, 1.54) is 6.08 Å². The van der Waals surface area contributed by atoms with E-state index in [1.54, 1.807) is 24.3 Å². The summed E-state index contributed by atoms with van der Waals surface area (Å²) in [5.74, 6) is 4.92. The molecule has 0 aliphatic carbocycles. The molecule has 0 heterocycles. The minimum absolute atomic E-state index is 0.220. The Morgan fingerprint density at radius 3 is 2.56 bits per heavy atom. The Kier molecular flexibility index (Phi) is 6.00. The first-order valence-electron chi connectivity index (χ1n) is 5.61. The van der Waals surface area contributed by atoms with Crippen LogP contribution in [0.2, 0.25) is 0 Å². The van der Waals surface area contributed by atoms with Gasteiger partial charge in [-0.1, -0.05) is 18.2 Å². The molecule has 100 valence electrons. The second-order valence-corrected chi connectivity index (χ2v) is 5.53. The summed E-state index contributed by atoms with van der Waals surface area (Å²) in [5.41, 5.74) is 1.05. The minimum Gasteiger partial charge on any atom is -0.305 e. The van der Waals surface area contributed by atoms with Crippen molar-refractivity contribution < 1.29 is 13.3 Å². The van der Waals surface area contributed by atoms with Gasteiger partial charge in [0, 0.05) is 6.54 Å². The van der Waals surface area contributed by atoms with Crippen LogP contribution in [0, 0.1) is 0 Å². The van der Waals surface area contributed by atoms with Gasteiger partial charge in [0.2, 0.25) is 10.0 Å². The smallest absolute Gasteiger partial charge is 0.240 e. The monoisotopic (exact) mass is 270 g/mol. The molecule has 6 heteroatoms. The molecule has 0 radical (unpaired) electrons. The quantitative estimate of drug-likeness (QED) is 0.419. The van der Waals surface area contributed by atoms with Crippen LogP contribution in [0.4, 0.5) is 0 Å². The SMILES string of the molecule is C=CCNS(=O)(=O)c1ccc(CCCON)cc1. The van der Waals surface area contributed by atoms with Gasteiger partial charge >= 0.3 is 0 Å². The Labute approximate surface area is 108 Å². The van der Waals surface area contributed by atoms with Crippen molar-refractivity contribution in [3.63, 3.8) is 0 Å². The third kappa shape index (κ3) is 4.58. The average Bonchev–Trinajstić information content (AvgIpc) is 2.37. The summed E-state index contributed by atoms with van der Waals surface area (Å²) in [5, 5.41) is 0. The Morgan fingerprint density at radius 1 is 1.33 bits per heavy atom. The zero-order chi connectivity index (χ0) is 13.4. The molecule has 0 saturated heterocycles. The van der Waals surface area contributed by atoms with Crippen LogP contribution >= 0.6 is 0 Å². The van der Waals surface area contributed by atoms with Crippen LogP contribution in [0.25, 0.3) is 0 Å². The number of hydrogen-bond acceptors (Lipinski definition) is 4. The standard InChI is InChI=1S/C12H18N2O3S/c1-2-9-14-18(15,16)12-7-5-11(6-8-12)4-3-10-17-13/h2,5-8,14H,1,3-4,9-10,13H2. The fourth-order valence-corrected chi connectivity index (χ4v) is 2.45. The van der Waals surface area contributed by atoms with Crippen molar-refractivity contribution in [1.29, 1.82) is 0 Å². The van der Waals surface area contributed by atoms with Gasteiger partial charge in [0.25, 0.3) is 0 Å². The van der Waals surface area contributed by atoms with Gasteiger partial charge in [0.05, 0.1) is 11.5 Å². The lowest BCUT2D eigenvalue weighted by atomic mass is 10.1. The van der Waals surface area contributed by atoms with Crippen molar-refractivity contribution in [2.45, 2.75) is 17.7 Å². The molecule has 0 unspecified atom stereocenters. The summed E-state index contributed by atoms with van der Waals surface area (Å²) in [6, 6.07) is 6.76. The molecule has 3 N–H and O–H groups in total. The summed E-state index contributed by atoms with van der Waals surface area (Å²) in [7, 11) is -3.43. The Morgan fingerprint density at radius 2 is 2.00 bits per heavy atom. The van der Waals surface area contributed by atoms with Gasteiger partial charge in [-0.15, -0.1) is 6.58 Å². The number of rotatable bonds is 8. The van der Waals surface area contributed by atoms with Crippen LogP contribution in [0.3, 0.4) is 0 Å². The van der Waals surface area contributed by atoms with E-state index in [0.29, 0.717) is 6.61 Å². The summed E-state index contributed by atoms with van der Waals surface area (Å²) < 4.78 is 25.9. The fraction of sp³-hybridized carbons (Fsp3) is 0.333. The number of hydrogen-bond donors (Lipinski definition) is 2. The molecule has 0 aliphatic heterocycles. The highest BCUT2D eigenvalue weighted by Crippen LogP contribution is 2.11. The summed E-state index contributed by atoms with van der Waals surface area (Å²) in [6.45, 7) is 4.17. The van der Waals surface area contributed by atoms with E-state index >= 15 is 0 Å². The van der Waals surface area contributed by atoms with Crippen molar-refractivity contribution >= 4 is 10.0 Å². The normalized spacial score (nSPS) is 11.4. The van der Waals surface area contributed by atoms with Crippen LogP contribution in [-0.2, 0) is 21.3 Å².